The van der Waals surface area contributed by atoms with E-state index in [1.54, 1.807) is 45.7 Å². The highest BCUT2D eigenvalue weighted by molar-refractivity contribution is 6.34. The molecule has 1 aliphatic heterocycles. The molecule has 0 saturated heterocycles. The van der Waals surface area contributed by atoms with Crippen LogP contribution in [0.4, 0.5) is 5.82 Å². The van der Waals surface area contributed by atoms with Gasteiger partial charge in [-0.3, -0.25) is 10.2 Å². The molecular weight excluding hydrogens is 408 g/mol. The van der Waals surface area contributed by atoms with E-state index in [0.717, 1.165) is 16.7 Å². The molecule has 2 heterocycles. The molecule has 0 fully saturated rings. The van der Waals surface area contributed by atoms with Crippen molar-refractivity contribution in [1.82, 2.24) is 4.98 Å². The number of rotatable bonds is 6. The monoisotopic (exact) mass is 430 g/mol. The van der Waals surface area contributed by atoms with Crippen LogP contribution < -0.4 is 25.3 Å². The Morgan fingerprint density at radius 3 is 2.22 bits per heavy atom. The third-order valence-electron chi connectivity index (χ3n) is 5.19. The molecule has 8 nitrogen and oxygen atoms in total. The van der Waals surface area contributed by atoms with Crippen molar-refractivity contribution in [3.05, 3.63) is 65.4 Å². The van der Waals surface area contributed by atoms with Gasteiger partial charge in [0.25, 0.3) is 5.91 Å². The number of anilines is 1. The van der Waals surface area contributed by atoms with Gasteiger partial charge in [0, 0.05) is 22.9 Å². The van der Waals surface area contributed by atoms with E-state index >= 15 is 0 Å². The van der Waals surface area contributed by atoms with E-state index in [0.29, 0.717) is 39.8 Å². The summed E-state index contributed by atoms with van der Waals surface area (Å²) in [5.41, 5.74) is 9.73. The van der Waals surface area contributed by atoms with Gasteiger partial charge in [-0.2, -0.15) is 0 Å². The zero-order valence-corrected chi connectivity index (χ0v) is 17.9. The summed E-state index contributed by atoms with van der Waals surface area (Å²) in [4.78, 5) is 17.1. The zero-order chi connectivity index (χ0) is 22.8. The van der Waals surface area contributed by atoms with Crippen molar-refractivity contribution >= 4 is 29.2 Å². The molecule has 0 atom stereocenters. The first-order chi connectivity index (χ1) is 15.4. The van der Waals surface area contributed by atoms with Crippen molar-refractivity contribution in [3.8, 4) is 28.4 Å². The van der Waals surface area contributed by atoms with Crippen LogP contribution in [0, 0.1) is 5.41 Å². The minimum atomic E-state index is -0.231. The quantitative estimate of drug-likeness (QED) is 0.313. The number of ether oxygens (including phenoxy) is 3. The Morgan fingerprint density at radius 1 is 1.00 bits per heavy atom. The summed E-state index contributed by atoms with van der Waals surface area (Å²) in [5.74, 6) is 1.81. The second-order valence-corrected chi connectivity index (χ2v) is 7.08. The normalized spacial score (nSPS) is 13.5. The highest BCUT2D eigenvalue weighted by Gasteiger charge is 2.26. The molecule has 0 unspecified atom stereocenters. The first kappa shape index (κ1) is 20.9. The Balaban J connectivity index is 1.77. The summed E-state index contributed by atoms with van der Waals surface area (Å²) in [7, 11) is 4.67. The van der Waals surface area contributed by atoms with Crippen LogP contribution in [0.3, 0.4) is 0 Å². The van der Waals surface area contributed by atoms with E-state index in [4.69, 9.17) is 25.4 Å². The molecular formula is C24H22N4O4. The van der Waals surface area contributed by atoms with Crippen LogP contribution in [-0.2, 0) is 4.79 Å². The molecule has 3 aromatic rings. The molecule has 1 aliphatic rings. The molecule has 0 saturated carbocycles. The van der Waals surface area contributed by atoms with E-state index in [9.17, 15) is 4.79 Å². The van der Waals surface area contributed by atoms with Crippen molar-refractivity contribution in [1.29, 1.82) is 5.41 Å². The number of methoxy groups -OCH3 is 3. The van der Waals surface area contributed by atoms with Crippen LogP contribution in [0.5, 0.6) is 17.2 Å². The van der Waals surface area contributed by atoms with E-state index < -0.39 is 0 Å². The van der Waals surface area contributed by atoms with Crippen LogP contribution in [0.25, 0.3) is 22.8 Å². The van der Waals surface area contributed by atoms with Crippen LogP contribution in [0.1, 0.15) is 16.7 Å². The summed E-state index contributed by atoms with van der Waals surface area (Å²) in [5, 5.41) is 10.3. The fraction of sp³-hybridized carbons (Fsp3) is 0.125. The Kier molecular flexibility index (Phi) is 5.51. The van der Waals surface area contributed by atoms with Crippen molar-refractivity contribution in [2.45, 2.75) is 0 Å². The maximum Gasteiger partial charge on any atom is 0.257 e. The van der Waals surface area contributed by atoms with E-state index in [1.807, 2.05) is 30.3 Å². The Bertz CT molecular complexity index is 1220. The smallest absolute Gasteiger partial charge is 0.257 e. The summed E-state index contributed by atoms with van der Waals surface area (Å²) < 4.78 is 16.3. The van der Waals surface area contributed by atoms with Gasteiger partial charge in [0.2, 0.25) is 5.75 Å². The Hall–Kier alpha value is -4.33. The van der Waals surface area contributed by atoms with Gasteiger partial charge in [-0.15, -0.1) is 0 Å². The number of hydrogen-bond donors (Lipinski definition) is 3. The molecule has 1 aromatic heterocycles. The average Bonchev–Trinajstić information content (AvgIpc) is 3.12. The summed E-state index contributed by atoms with van der Waals surface area (Å²) in [6.07, 6.45) is 3.47. The molecule has 2 aromatic carbocycles. The molecule has 1 amide bonds. The van der Waals surface area contributed by atoms with Gasteiger partial charge in [0.1, 0.15) is 11.7 Å². The lowest BCUT2D eigenvalue weighted by Gasteiger charge is -2.14. The highest BCUT2D eigenvalue weighted by Crippen LogP contribution is 2.42. The standard InChI is InChI=1S/C24H22N4O4/c1-30-19-10-15(11-20(31-2)21(19)32-3)16-9-17-18(24(29)28-23(17)27-12-16)8-13-4-6-14(7-5-13)22(25)26/h4-12H,1-3H3,(H3,25,26)(H,27,28,29). The predicted octanol–water partition coefficient (Wildman–Crippen LogP) is 3.55. The van der Waals surface area contributed by atoms with Gasteiger partial charge in [-0.1, -0.05) is 24.3 Å². The molecule has 0 aliphatic carbocycles. The number of amidine groups is 1. The molecule has 0 bridgehead atoms. The number of amides is 1. The van der Waals surface area contributed by atoms with Crippen molar-refractivity contribution < 1.29 is 19.0 Å². The van der Waals surface area contributed by atoms with Crippen molar-refractivity contribution in [2.24, 2.45) is 5.73 Å². The first-order valence-electron chi connectivity index (χ1n) is 9.73. The molecule has 162 valence electrons. The van der Waals surface area contributed by atoms with Gasteiger partial charge in [0.15, 0.2) is 11.5 Å². The molecule has 0 radical (unpaired) electrons. The summed E-state index contributed by atoms with van der Waals surface area (Å²) >= 11 is 0. The Morgan fingerprint density at radius 2 is 1.66 bits per heavy atom. The number of nitrogens with zero attached hydrogens (tertiary/aromatic N) is 1. The lowest BCUT2D eigenvalue weighted by molar-refractivity contribution is -0.110. The highest BCUT2D eigenvalue weighted by atomic mass is 16.5. The maximum absolute atomic E-state index is 12.6. The first-order valence-corrected chi connectivity index (χ1v) is 9.73. The number of carbonyl (C=O) groups is 1. The van der Waals surface area contributed by atoms with E-state index in [2.05, 4.69) is 10.3 Å². The second kappa shape index (κ2) is 8.43. The predicted molar refractivity (Wildman–Crippen MR) is 123 cm³/mol. The van der Waals surface area contributed by atoms with Crippen molar-refractivity contribution in [3.63, 3.8) is 0 Å². The molecule has 4 N–H and O–H groups in total. The van der Waals surface area contributed by atoms with Gasteiger partial charge in [-0.25, -0.2) is 4.98 Å². The number of pyridine rings is 1. The number of nitrogen functional groups attached to an aromatic ring is 1. The van der Waals surface area contributed by atoms with Gasteiger partial charge in [-0.05, 0) is 35.4 Å². The second-order valence-electron chi connectivity index (χ2n) is 7.08. The van der Waals surface area contributed by atoms with Gasteiger partial charge in [0.05, 0.1) is 26.9 Å². The number of benzene rings is 2. The fourth-order valence-corrected chi connectivity index (χ4v) is 3.54. The summed E-state index contributed by atoms with van der Waals surface area (Å²) in [6.45, 7) is 0. The minimum Gasteiger partial charge on any atom is -0.493 e. The van der Waals surface area contributed by atoms with Gasteiger partial charge < -0.3 is 25.3 Å². The van der Waals surface area contributed by atoms with Crippen LogP contribution in [0.15, 0.2) is 48.7 Å². The number of nitrogens with one attached hydrogen (secondary N) is 2. The maximum atomic E-state index is 12.6. The van der Waals surface area contributed by atoms with Gasteiger partial charge >= 0.3 is 0 Å². The number of fused-ring (bicyclic) bond motifs is 1. The number of nitrogens with two attached hydrogens (primary N) is 1. The average molecular weight is 430 g/mol. The fourth-order valence-electron chi connectivity index (χ4n) is 3.54. The molecule has 8 heteroatoms. The minimum absolute atomic E-state index is 0.00709. The topological polar surface area (TPSA) is 120 Å². The lowest BCUT2D eigenvalue weighted by atomic mass is 10.00. The largest absolute Gasteiger partial charge is 0.493 e. The molecule has 4 rings (SSSR count). The number of carbonyl (C=O) groups excluding carboxylic acids is 1. The van der Waals surface area contributed by atoms with Crippen LogP contribution in [-0.4, -0.2) is 38.1 Å². The van der Waals surface area contributed by atoms with Crippen molar-refractivity contribution in [2.75, 3.05) is 26.6 Å². The zero-order valence-electron chi connectivity index (χ0n) is 17.9. The van der Waals surface area contributed by atoms with Crippen LogP contribution in [0.2, 0.25) is 0 Å². The lowest BCUT2D eigenvalue weighted by Crippen LogP contribution is -2.10. The van der Waals surface area contributed by atoms with E-state index in [-0.39, 0.29) is 11.7 Å². The molecule has 32 heavy (non-hydrogen) atoms. The Labute approximate surface area is 185 Å². The SMILES string of the molecule is COc1cc(-c2cnc3c(c2)C(=Cc2ccc(C(=N)N)cc2)C(=O)N3)cc(OC)c1OC. The van der Waals surface area contributed by atoms with Crippen LogP contribution >= 0.6 is 0 Å². The molecule has 0 spiro atoms. The number of aromatic nitrogens is 1. The van der Waals surface area contributed by atoms with E-state index in [1.165, 1.54) is 0 Å². The summed E-state index contributed by atoms with van der Waals surface area (Å²) in [6, 6.07) is 12.7. The third-order valence-corrected chi connectivity index (χ3v) is 5.19. The number of hydrogen-bond acceptors (Lipinski definition) is 6. The third kappa shape index (κ3) is 3.74.